The number of aromatic nitrogens is 2. The summed E-state index contributed by atoms with van der Waals surface area (Å²) in [4.78, 5) is 0. The number of hydrogen-bond acceptors (Lipinski definition) is 3. The second-order valence-corrected chi connectivity index (χ2v) is 5.88. The van der Waals surface area contributed by atoms with Gasteiger partial charge in [0.1, 0.15) is 0 Å². The molecule has 2 aromatic rings. The van der Waals surface area contributed by atoms with Crippen molar-refractivity contribution >= 4 is 11.6 Å². The molecule has 0 amide bonds. The van der Waals surface area contributed by atoms with E-state index in [0.29, 0.717) is 6.04 Å². The summed E-state index contributed by atoms with van der Waals surface area (Å²) in [7, 11) is 0. The molecular formula is C16H23ClN4. The Kier molecular flexibility index (Phi) is 5.39. The molecule has 0 saturated heterocycles. The number of hydrogen-bond donors (Lipinski definition) is 2. The minimum absolute atomic E-state index is 0.00313. The summed E-state index contributed by atoms with van der Waals surface area (Å²) >= 11 is 6.19. The van der Waals surface area contributed by atoms with Crippen LogP contribution < -0.4 is 11.3 Å². The van der Waals surface area contributed by atoms with E-state index in [9.17, 15) is 0 Å². The van der Waals surface area contributed by atoms with E-state index in [4.69, 9.17) is 17.4 Å². The van der Waals surface area contributed by atoms with E-state index in [1.807, 2.05) is 36.0 Å². The maximum absolute atomic E-state index is 6.19. The van der Waals surface area contributed by atoms with E-state index in [2.05, 4.69) is 30.4 Å². The summed E-state index contributed by atoms with van der Waals surface area (Å²) < 4.78 is 2.00. The quantitative estimate of drug-likeness (QED) is 0.634. The lowest BCUT2D eigenvalue weighted by Crippen LogP contribution is -2.29. The SMILES string of the molecule is CCC(C)n1ccc(CC(NN)c2ccc(C)c(Cl)c2)n1. The molecule has 0 aliphatic carbocycles. The lowest BCUT2D eigenvalue weighted by atomic mass is 10.0. The first-order valence-electron chi connectivity index (χ1n) is 7.31. The molecule has 21 heavy (non-hydrogen) atoms. The minimum atomic E-state index is 0.00313. The predicted octanol–water partition coefficient (Wildman–Crippen LogP) is 3.56. The van der Waals surface area contributed by atoms with E-state index >= 15 is 0 Å². The number of aryl methyl sites for hydroxylation is 1. The molecule has 0 fully saturated rings. The van der Waals surface area contributed by atoms with Crippen LogP contribution in [0.15, 0.2) is 30.5 Å². The molecule has 0 spiro atoms. The summed E-state index contributed by atoms with van der Waals surface area (Å²) in [5.74, 6) is 5.71. The van der Waals surface area contributed by atoms with Crippen LogP contribution in [0.4, 0.5) is 0 Å². The standard InChI is InChI=1S/C16H23ClN4/c1-4-12(3)21-8-7-14(20-21)10-16(19-18)13-6-5-11(2)15(17)9-13/h5-9,12,16,19H,4,10,18H2,1-3H3. The Balaban J connectivity index is 2.15. The largest absolute Gasteiger partial charge is 0.271 e. The number of nitrogens with zero attached hydrogens (tertiary/aromatic N) is 2. The van der Waals surface area contributed by atoms with Crippen molar-refractivity contribution in [3.8, 4) is 0 Å². The molecule has 0 aliphatic rings. The number of halogens is 1. The topological polar surface area (TPSA) is 55.9 Å². The monoisotopic (exact) mass is 306 g/mol. The smallest absolute Gasteiger partial charge is 0.0644 e. The van der Waals surface area contributed by atoms with Crippen molar-refractivity contribution in [2.45, 2.75) is 45.7 Å². The highest BCUT2D eigenvalue weighted by molar-refractivity contribution is 6.31. The Morgan fingerprint density at radius 2 is 2.14 bits per heavy atom. The number of hydrazine groups is 1. The zero-order valence-electron chi connectivity index (χ0n) is 12.8. The average Bonchev–Trinajstić information content (AvgIpc) is 2.95. The number of nitrogens with two attached hydrogens (primary N) is 1. The first kappa shape index (κ1) is 16.0. The van der Waals surface area contributed by atoms with Crippen LogP contribution in [0, 0.1) is 6.92 Å². The Morgan fingerprint density at radius 3 is 2.76 bits per heavy atom. The van der Waals surface area contributed by atoms with Gasteiger partial charge in [-0.25, -0.2) is 0 Å². The van der Waals surface area contributed by atoms with Crippen LogP contribution in [0.3, 0.4) is 0 Å². The van der Waals surface area contributed by atoms with Crippen LogP contribution in [-0.4, -0.2) is 9.78 Å². The number of rotatable bonds is 6. The molecule has 4 nitrogen and oxygen atoms in total. The van der Waals surface area contributed by atoms with Gasteiger partial charge in [-0.3, -0.25) is 16.0 Å². The molecule has 1 aromatic heterocycles. The van der Waals surface area contributed by atoms with Crippen molar-refractivity contribution in [1.82, 2.24) is 15.2 Å². The van der Waals surface area contributed by atoms with Crippen molar-refractivity contribution in [3.63, 3.8) is 0 Å². The second kappa shape index (κ2) is 7.07. The molecule has 3 N–H and O–H groups in total. The Labute approximate surface area is 131 Å². The lowest BCUT2D eigenvalue weighted by Gasteiger charge is -2.16. The first-order chi connectivity index (χ1) is 10.0. The number of benzene rings is 1. The molecule has 2 rings (SSSR count). The summed E-state index contributed by atoms with van der Waals surface area (Å²) in [6, 6.07) is 8.50. The van der Waals surface area contributed by atoms with Gasteiger partial charge in [0, 0.05) is 23.7 Å². The van der Waals surface area contributed by atoms with Crippen LogP contribution in [0.1, 0.15) is 49.2 Å². The van der Waals surface area contributed by atoms with Crippen molar-refractivity contribution in [3.05, 3.63) is 52.3 Å². The molecule has 2 atom stereocenters. The zero-order valence-corrected chi connectivity index (χ0v) is 13.6. The van der Waals surface area contributed by atoms with Gasteiger partial charge in [-0.1, -0.05) is 30.7 Å². The fourth-order valence-corrected chi connectivity index (χ4v) is 2.42. The molecule has 2 unspecified atom stereocenters. The van der Waals surface area contributed by atoms with E-state index in [-0.39, 0.29) is 6.04 Å². The number of nitrogens with one attached hydrogen (secondary N) is 1. The molecule has 0 bridgehead atoms. The summed E-state index contributed by atoms with van der Waals surface area (Å²) in [5.41, 5.74) is 6.02. The van der Waals surface area contributed by atoms with Gasteiger partial charge in [0.05, 0.1) is 11.7 Å². The highest BCUT2D eigenvalue weighted by Gasteiger charge is 2.14. The lowest BCUT2D eigenvalue weighted by molar-refractivity contribution is 0.467. The summed E-state index contributed by atoms with van der Waals surface area (Å²) in [6.45, 7) is 6.31. The van der Waals surface area contributed by atoms with Crippen molar-refractivity contribution < 1.29 is 0 Å². The van der Waals surface area contributed by atoms with Crippen LogP contribution in [-0.2, 0) is 6.42 Å². The van der Waals surface area contributed by atoms with E-state index in [1.54, 1.807) is 0 Å². The van der Waals surface area contributed by atoms with E-state index in [1.165, 1.54) is 0 Å². The third-order valence-corrected chi connectivity index (χ3v) is 4.33. The third kappa shape index (κ3) is 3.84. The van der Waals surface area contributed by atoms with Gasteiger partial charge in [-0.15, -0.1) is 0 Å². The van der Waals surface area contributed by atoms with Crippen LogP contribution in [0.5, 0.6) is 0 Å². The van der Waals surface area contributed by atoms with Gasteiger partial charge in [-0.2, -0.15) is 5.10 Å². The molecule has 0 saturated carbocycles. The van der Waals surface area contributed by atoms with Crippen molar-refractivity contribution in [2.75, 3.05) is 0 Å². The minimum Gasteiger partial charge on any atom is -0.271 e. The first-order valence-corrected chi connectivity index (χ1v) is 7.69. The fourth-order valence-electron chi connectivity index (χ4n) is 2.23. The van der Waals surface area contributed by atoms with Crippen LogP contribution in [0.2, 0.25) is 5.02 Å². The van der Waals surface area contributed by atoms with E-state index in [0.717, 1.165) is 34.7 Å². The van der Waals surface area contributed by atoms with E-state index < -0.39 is 0 Å². The molecule has 1 aromatic carbocycles. The van der Waals surface area contributed by atoms with Gasteiger partial charge in [0.15, 0.2) is 0 Å². The third-order valence-electron chi connectivity index (χ3n) is 3.92. The van der Waals surface area contributed by atoms with Gasteiger partial charge >= 0.3 is 0 Å². The second-order valence-electron chi connectivity index (χ2n) is 5.48. The van der Waals surface area contributed by atoms with Crippen molar-refractivity contribution in [1.29, 1.82) is 0 Å². The summed E-state index contributed by atoms with van der Waals surface area (Å²) in [5, 5.41) is 5.38. The Hall–Kier alpha value is -1.36. The average molecular weight is 307 g/mol. The molecule has 0 aliphatic heterocycles. The predicted molar refractivity (Wildman–Crippen MR) is 87.2 cm³/mol. The Bertz CT molecular complexity index is 594. The summed E-state index contributed by atoms with van der Waals surface area (Å²) in [6.07, 6.45) is 3.83. The highest BCUT2D eigenvalue weighted by Crippen LogP contribution is 2.23. The maximum atomic E-state index is 6.19. The molecule has 114 valence electrons. The molecular weight excluding hydrogens is 284 g/mol. The van der Waals surface area contributed by atoms with Crippen LogP contribution >= 0.6 is 11.6 Å². The molecule has 5 heteroatoms. The Morgan fingerprint density at radius 1 is 1.38 bits per heavy atom. The van der Waals surface area contributed by atoms with Crippen molar-refractivity contribution in [2.24, 2.45) is 5.84 Å². The zero-order chi connectivity index (χ0) is 15.4. The van der Waals surface area contributed by atoms with Gasteiger partial charge in [0.2, 0.25) is 0 Å². The van der Waals surface area contributed by atoms with Gasteiger partial charge in [-0.05, 0) is 43.5 Å². The normalized spacial score (nSPS) is 14.1. The molecule has 0 radical (unpaired) electrons. The van der Waals surface area contributed by atoms with Gasteiger partial charge in [0.25, 0.3) is 0 Å². The highest BCUT2D eigenvalue weighted by atomic mass is 35.5. The van der Waals surface area contributed by atoms with Gasteiger partial charge < -0.3 is 0 Å². The molecule has 1 heterocycles. The van der Waals surface area contributed by atoms with Crippen LogP contribution in [0.25, 0.3) is 0 Å². The maximum Gasteiger partial charge on any atom is 0.0644 e. The fraction of sp³-hybridized carbons (Fsp3) is 0.438.